The van der Waals surface area contributed by atoms with Crippen molar-refractivity contribution in [2.75, 3.05) is 38.1 Å². The van der Waals surface area contributed by atoms with Crippen LogP contribution in [-0.2, 0) is 6.18 Å². The van der Waals surface area contributed by atoms with Crippen molar-refractivity contribution >= 4 is 38.2 Å². The van der Waals surface area contributed by atoms with Crippen molar-refractivity contribution in [3.63, 3.8) is 0 Å². The molecular formula is C16H16F3N4S2+. The molecule has 0 radical (unpaired) electrons. The van der Waals surface area contributed by atoms with Crippen molar-refractivity contribution in [1.29, 1.82) is 0 Å². The molecule has 0 atom stereocenters. The molecule has 4 nitrogen and oxygen atoms in total. The van der Waals surface area contributed by atoms with E-state index in [2.05, 4.69) is 21.9 Å². The van der Waals surface area contributed by atoms with Gasteiger partial charge in [-0.15, -0.1) is 11.3 Å². The standard InChI is InChI=1S/C16H15F3N4S2/c1-22-4-6-23(7-5-22)15-21-14-13(25-15)10(16(17,18)19)9-11(20-14)12-3-2-8-24-12/h2-3,8-9H,4-7H2,1H3/p+1. The van der Waals surface area contributed by atoms with Gasteiger partial charge in [0.1, 0.15) is 0 Å². The van der Waals surface area contributed by atoms with Crippen LogP contribution in [-0.4, -0.2) is 43.2 Å². The molecule has 0 aromatic carbocycles. The molecule has 1 aliphatic rings. The van der Waals surface area contributed by atoms with Crippen LogP contribution >= 0.6 is 22.7 Å². The summed E-state index contributed by atoms with van der Waals surface area (Å²) in [4.78, 5) is 13.0. The number of hydrogen-bond donors (Lipinski definition) is 1. The number of thiophene rings is 1. The second kappa shape index (κ2) is 6.22. The van der Waals surface area contributed by atoms with Crippen molar-refractivity contribution in [2.45, 2.75) is 6.18 Å². The van der Waals surface area contributed by atoms with E-state index in [1.54, 1.807) is 12.1 Å². The minimum absolute atomic E-state index is 0.120. The van der Waals surface area contributed by atoms with E-state index in [9.17, 15) is 13.2 Å². The van der Waals surface area contributed by atoms with E-state index in [0.29, 0.717) is 15.7 Å². The van der Waals surface area contributed by atoms with Crippen molar-refractivity contribution in [3.05, 3.63) is 29.1 Å². The number of rotatable bonds is 2. The number of anilines is 1. The summed E-state index contributed by atoms with van der Waals surface area (Å²) in [6.07, 6.45) is -4.43. The second-order valence-corrected chi connectivity index (χ2v) is 8.05. The van der Waals surface area contributed by atoms with Crippen LogP contribution in [0.1, 0.15) is 5.56 Å². The van der Waals surface area contributed by atoms with Gasteiger partial charge in [-0.2, -0.15) is 18.2 Å². The van der Waals surface area contributed by atoms with Crippen LogP contribution in [0.3, 0.4) is 0 Å². The Morgan fingerprint density at radius 2 is 1.96 bits per heavy atom. The van der Waals surface area contributed by atoms with Crippen LogP contribution < -0.4 is 9.80 Å². The highest BCUT2D eigenvalue weighted by Crippen LogP contribution is 2.41. The van der Waals surface area contributed by atoms with Gasteiger partial charge < -0.3 is 9.80 Å². The molecule has 0 aliphatic carbocycles. The predicted molar refractivity (Wildman–Crippen MR) is 94.6 cm³/mol. The van der Waals surface area contributed by atoms with Crippen LogP contribution in [0, 0.1) is 0 Å². The Kier molecular flexibility index (Phi) is 4.17. The molecule has 0 bridgehead atoms. The molecule has 1 N–H and O–H groups in total. The van der Waals surface area contributed by atoms with E-state index < -0.39 is 11.7 Å². The number of hydrogen-bond acceptors (Lipinski definition) is 5. The molecule has 0 spiro atoms. The van der Waals surface area contributed by atoms with Crippen molar-refractivity contribution in [1.82, 2.24) is 9.97 Å². The quantitative estimate of drug-likeness (QED) is 0.737. The number of fused-ring (bicyclic) bond motifs is 1. The van der Waals surface area contributed by atoms with Crippen molar-refractivity contribution < 1.29 is 18.1 Å². The lowest BCUT2D eigenvalue weighted by molar-refractivity contribution is -0.880. The Bertz CT molecular complexity index is 881. The molecular weight excluding hydrogens is 369 g/mol. The number of piperazine rings is 1. The van der Waals surface area contributed by atoms with Gasteiger partial charge >= 0.3 is 6.18 Å². The van der Waals surface area contributed by atoms with Gasteiger partial charge in [0, 0.05) is 0 Å². The van der Waals surface area contributed by atoms with Gasteiger partial charge in [-0.05, 0) is 17.5 Å². The lowest BCUT2D eigenvalue weighted by atomic mass is 10.2. The van der Waals surface area contributed by atoms with E-state index in [0.717, 1.165) is 43.6 Å². The summed E-state index contributed by atoms with van der Waals surface area (Å²) in [6.45, 7) is 3.50. The van der Waals surface area contributed by atoms with Crippen LogP contribution in [0.5, 0.6) is 0 Å². The Balaban J connectivity index is 1.82. The number of quaternary nitrogens is 1. The molecule has 1 fully saturated rings. The zero-order chi connectivity index (χ0) is 17.6. The Hall–Kier alpha value is -1.71. The normalized spacial score (nSPS) is 16.7. The van der Waals surface area contributed by atoms with Gasteiger partial charge in [-0.25, -0.2) is 4.98 Å². The monoisotopic (exact) mass is 385 g/mol. The minimum Gasteiger partial charge on any atom is -0.337 e. The Morgan fingerprint density at radius 3 is 2.60 bits per heavy atom. The number of thiazole rings is 1. The number of nitrogens with one attached hydrogen (secondary N) is 1. The molecule has 1 saturated heterocycles. The van der Waals surface area contributed by atoms with Crippen molar-refractivity contribution in [2.24, 2.45) is 0 Å². The van der Waals surface area contributed by atoms with E-state index in [1.165, 1.54) is 16.2 Å². The molecule has 4 heterocycles. The highest BCUT2D eigenvalue weighted by Gasteiger charge is 2.35. The fourth-order valence-corrected chi connectivity index (χ4v) is 4.66. The summed E-state index contributed by atoms with van der Waals surface area (Å²) in [6, 6.07) is 4.72. The van der Waals surface area contributed by atoms with Crippen LogP contribution in [0.25, 0.3) is 20.9 Å². The van der Waals surface area contributed by atoms with Crippen molar-refractivity contribution in [3.8, 4) is 10.6 Å². The first-order valence-electron chi connectivity index (χ1n) is 7.91. The summed E-state index contributed by atoms with van der Waals surface area (Å²) in [5, 5.41) is 2.46. The maximum absolute atomic E-state index is 13.6. The number of halogens is 3. The Morgan fingerprint density at radius 1 is 1.20 bits per heavy atom. The largest absolute Gasteiger partial charge is 0.417 e. The average Bonchev–Trinajstić information content (AvgIpc) is 3.23. The van der Waals surface area contributed by atoms with Crippen LogP contribution in [0.15, 0.2) is 23.6 Å². The average molecular weight is 385 g/mol. The first-order valence-corrected chi connectivity index (χ1v) is 9.60. The molecule has 3 aromatic rings. The van der Waals surface area contributed by atoms with Gasteiger partial charge in [-0.1, -0.05) is 17.4 Å². The summed E-state index contributed by atoms with van der Waals surface area (Å²) in [5.41, 5.74) is -0.136. The molecule has 9 heteroatoms. The highest BCUT2D eigenvalue weighted by molar-refractivity contribution is 7.22. The zero-order valence-corrected chi connectivity index (χ0v) is 15.1. The summed E-state index contributed by atoms with van der Waals surface area (Å²) >= 11 is 2.46. The molecule has 4 rings (SSSR count). The molecule has 1 aliphatic heterocycles. The highest BCUT2D eigenvalue weighted by atomic mass is 32.1. The molecule has 3 aromatic heterocycles. The first kappa shape index (κ1) is 16.7. The molecule has 132 valence electrons. The topological polar surface area (TPSA) is 33.5 Å². The summed E-state index contributed by atoms with van der Waals surface area (Å²) in [5.74, 6) is 0. The fraction of sp³-hybridized carbons (Fsp3) is 0.375. The number of nitrogens with zero attached hydrogens (tertiary/aromatic N) is 3. The fourth-order valence-electron chi connectivity index (χ4n) is 2.88. The first-order chi connectivity index (χ1) is 11.9. The number of likely N-dealkylation sites (N-methyl/N-ethyl adjacent to an activating group) is 1. The number of pyridine rings is 1. The molecule has 0 unspecified atom stereocenters. The number of alkyl halides is 3. The third-order valence-electron chi connectivity index (χ3n) is 4.32. The van der Waals surface area contributed by atoms with E-state index >= 15 is 0 Å². The smallest absolute Gasteiger partial charge is 0.337 e. The number of aromatic nitrogens is 2. The molecule has 0 amide bonds. The minimum atomic E-state index is -4.43. The van der Waals surface area contributed by atoms with Gasteiger partial charge in [-0.3, -0.25) is 0 Å². The summed E-state index contributed by atoms with van der Waals surface area (Å²) < 4.78 is 40.9. The van der Waals surface area contributed by atoms with E-state index in [1.807, 2.05) is 5.38 Å². The maximum Gasteiger partial charge on any atom is 0.417 e. The SMILES string of the molecule is C[NH+]1CCN(c2nc3nc(-c4cccs4)cc(C(F)(F)F)c3s2)CC1. The zero-order valence-electron chi connectivity index (χ0n) is 13.4. The van der Waals surface area contributed by atoms with Gasteiger partial charge in [0.15, 0.2) is 10.8 Å². The molecule has 0 saturated carbocycles. The van der Waals surface area contributed by atoms with E-state index in [-0.39, 0.29) is 10.3 Å². The lowest BCUT2D eigenvalue weighted by Gasteiger charge is -2.29. The summed E-state index contributed by atoms with van der Waals surface area (Å²) in [7, 11) is 2.12. The predicted octanol–water partition coefficient (Wildman–Crippen LogP) is 2.77. The third kappa shape index (κ3) is 3.23. The molecule has 25 heavy (non-hydrogen) atoms. The van der Waals surface area contributed by atoms with Crippen LogP contribution in [0.2, 0.25) is 0 Å². The third-order valence-corrected chi connectivity index (χ3v) is 6.35. The lowest BCUT2D eigenvalue weighted by Crippen LogP contribution is -3.12. The van der Waals surface area contributed by atoms with Gasteiger partial charge in [0.2, 0.25) is 0 Å². The van der Waals surface area contributed by atoms with Gasteiger partial charge in [0.05, 0.1) is 54.1 Å². The Labute approximate surface area is 150 Å². The van der Waals surface area contributed by atoms with E-state index in [4.69, 9.17) is 0 Å². The van der Waals surface area contributed by atoms with Gasteiger partial charge in [0.25, 0.3) is 0 Å². The maximum atomic E-state index is 13.6. The van der Waals surface area contributed by atoms with Crippen LogP contribution in [0.4, 0.5) is 18.3 Å². The second-order valence-electron chi connectivity index (χ2n) is 6.12.